The van der Waals surface area contributed by atoms with Gasteiger partial charge in [0.2, 0.25) is 0 Å². The first-order valence-corrected chi connectivity index (χ1v) is 9.75. The van der Waals surface area contributed by atoms with Crippen molar-refractivity contribution in [1.82, 2.24) is 0 Å². The highest BCUT2D eigenvalue weighted by atomic mass is 79.9. The second-order valence-electron chi connectivity index (χ2n) is 6.53. The van der Waals surface area contributed by atoms with E-state index < -0.39 is 0 Å². The number of amides is 1. The van der Waals surface area contributed by atoms with E-state index >= 15 is 0 Å². The van der Waals surface area contributed by atoms with Crippen LogP contribution in [0.15, 0.2) is 95.5 Å². The Morgan fingerprint density at radius 1 is 0.857 bits per heavy atom. The summed E-state index contributed by atoms with van der Waals surface area (Å²) in [5, 5.41) is 12.3. The number of halogens is 1. The fourth-order valence-electron chi connectivity index (χ4n) is 3.30. The molecule has 0 saturated carbocycles. The maximum absolute atomic E-state index is 13.5. The number of hydrogen-bond donors (Lipinski definition) is 1. The molecule has 0 heterocycles. The molecule has 0 aliphatic heterocycles. The van der Waals surface area contributed by atoms with E-state index in [1.165, 1.54) is 0 Å². The van der Waals surface area contributed by atoms with Crippen LogP contribution < -0.4 is 4.90 Å². The first-order valence-electron chi connectivity index (χ1n) is 8.95. The van der Waals surface area contributed by atoms with Crippen molar-refractivity contribution in [2.75, 3.05) is 4.90 Å². The lowest BCUT2D eigenvalue weighted by atomic mass is 10.1. The fourth-order valence-corrected chi connectivity index (χ4v) is 3.70. The molecule has 0 bridgehead atoms. The summed E-state index contributed by atoms with van der Waals surface area (Å²) in [7, 11) is 0. The second kappa shape index (κ2) is 7.87. The lowest BCUT2D eigenvalue weighted by molar-refractivity contribution is 0.0985. The van der Waals surface area contributed by atoms with Crippen LogP contribution in [0.2, 0.25) is 0 Å². The van der Waals surface area contributed by atoms with Crippen LogP contribution >= 0.6 is 15.9 Å². The van der Waals surface area contributed by atoms with Crippen LogP contribution in [0.3, 0.4) is 0 Å². The Morgan fingerprint density at radius 3 is 2.39 bits per heavy atom. The van der Waals surface area contributed by atoms with Gasteiger partial charge in [0.05, 0.1) is 12.2 Å². The molecule has 0 aliphatic carbocycles. The molecule has 0 radical (unpaired) electrons. The van der Waals surface area contributed by atoms with Gasteiger partial charge in [-0.15, -0.1) is 0 Å². The van der Waals surface area contributed by atoms with Crippen LogP contribution in [0.4, 0.5) is 5.69 Å². The highest BCUT2D eigenvalue weighted by Crippen LogP contribution is 2.31. The van der Waals surface area contributed by atoms with E-state index in [9.17, 15) is 9.90 Å². The summed E-state index contributed by atoms with van der Waals surface area (Å²) in [5.74, 6) is 0.0516. The van der Waals surface area contributed by atoms with Gasteiger partial charge in [0.1, 0.15) is 5.75 Å². The number of phenols is 1. The summed E-state index contributed by atoms with van der Waals surface area (Å²) < 4.78 is 0.846. The van der Waals surface area contributed by atoms with E-state index in [2.05, 4.69) is 15.9 Å². The van der Waals surface area contributed by atoms with E-state index in [1.807, 2.05) is 72.8 Å². The monoisotopic (exact) mass is 431 g/mol. The van der Waals surface area contributed by atoms with Crippen LogP contribution in [0.25, 0.3) is 10.8 Å². The molecule has 0 saturated heterocycles. The summed E-state index contributed by atoms with van der Waals surface area (Å²) in [6, 6.07) is 28.4. The zero-order chi connectivity index (χ0) is 19.5. The molecule has 4 rings (SSSR count). The molecular formula is C24H18BrNO2. The smallest absolute Gasteiger partial charge is 0.258 e. The number of carbonyl (C=O) groups excluding carboxylic acids is 1. The quantitative estimate of drug-likeness (QED) is 0.420. The molecule has 0 aromatic heterocycles. The Kier molecular flexibility index (Phi) is 5.13. The SMILES string of the molecule is O=C(c1cccc(Br)c1)N(Cc1ccccc1O)c1cccc2ccccc12. The van der Waals surface area contributed by atoms with Crippen molar-refractivity contribution >= 4 is 38.3 Å². The van der Waals surface area contributed by atoms with Crippen LogP contribution in [0.1, 0.15) is 15.9 Å². The Hall–Kier alpha value is -3.11. The Labute approximate surface area is 172 Å². The van der Waals surface area contributed by atoms with Gasteiger partial charge < -0.3 is 10.0 Å². The van der Waals surface area contributed by atoms with E-state index in [-0.39, 0.29) is 18.2 Å². The minimum absolute atomic E-state index is 0.124. The predicted octanol–water partition coefficient (Wildman–Crippen LogP) is 6.15. The number of anilines is 1. The average Bonchev–Trinajstić information content (AvgIpc) is 2.72. The summed E-state index contributed by atoms with van der Waals surface area (Å²) in [6.45, 7) is 0.270. The van der Waals surface area contributed by atoms with Crippen molar-refractivity contribution in [1.29, 1.82) is 0 Å². The van der Waals surface area contributed by atoms with Gasteiger partial charge in [0.15, 0.2) is 0 Å². The second-order valence-corrected chi connectivity index (χ2v) is 7.44. The Balaban J connectivity index is 1.86. The molecule has 28 heavy (non-hydrogen) atoms. The number of hydrogen-bond acceptors (Lipinski definition) is 2. The summed E-state index contributed by atoms with van der Waals surface area (Å²) in [4.78, 5) is 15.2. The molecular weight excluding hydrogens is 414 g/mol. The topological polar surface area (TPSA) is 40.5 Å². The molecule has 1 amide bonds. The molecule has 0 unspecified atom stereocenters. The third-order valence-corrected chi connectivity index (χ3v) is 5.19. The molecule has 4 aromatic rings. The van der Waals surface area contributed by atoms with E-state index in [0.29, 0.717) is 11.1 Å². The van der Waals surface area contributed by atoms with Gasteiger partial charge in [0, 0.05) is 21.0 Å². The van der Waals surface area contributed by atoms with E-state index in [1.54, 1.807) is 23.1 Å². The average molecular weight is 432 g/mol. The lowest BCUT2D eigenvalue weighted by Crippen LogP contribution is -2.30. The minimum atomic E-state index is -0.124. The highest BCUT2D eigenvalue weighted by Gasteiger charge is 2.21. The number of rotatable bonds is 4. The normalized spacial score (nSPS) is 10.8. The predicted molar refractivity (Wildman–Crippen MR) is 117 cm³/mol. The molecule has 3 nitrogen and oxygen atoms in total. The molecule has 1 N–H and O–H groups in total. The lowest BCUT2D eigenvalue weighted by Gasteiger charge is -2.25. The molecule has 0 fully saturated rings. The van der Waals surface area contributed by atoms with Gasteiger partial charge in [0.25, 0.3) is 5.91 Å². The largest absolute Gasteiger partial charge is 0.508 e. The number of phenolic OH excluding ortho intramolecular Hbond substituents is 1. The minimum Gasteiger partial charge on any atom is -0.508 e. The maximum atomic E-state index is 13.5. The van der Waals surface area contributed by atoms with Crippen molar-refractivity contribution in [2.45, 2.75) is 6.54 Å². The van der Waals surface area contributed by atoms with Crippen molar-refractivity contribution in [3.05, 3.63) is 107 Å². The first kappa shape index (κ1) is 18.3. The zero-order valence-corrected chi connectivity index (χ0v) is 16.6. The molecule has 0 spiro atoms. The standard InChI is InChI=1S/C24H18BrNO2/c25-20-11-5-10-18(15-20)24(28)26(16-19-8-2-4-14-23(19)27)22-13-6-9-17-7-1-3-12-21(17)22/h1-15,27H,16H2. The highest BCUT2D eigenvalue weighted by molar-refractivity contribution is 9.10. The van der Waals surface area contributed by atoms with Gasteiger partial charge in [-0.3, -0.25) is 4.79 Å². The van der Waals surface area contributed by atoms with Gasteiger partial charge in [-0.25, -0.2) is 0 Å². The Morgan fingerprint density at radius 2 is 1.57 bits per heavy atom. The summed E-state index contributed by atoms with van der Waals surface area (Å²) in [5.41, 5.74) is 2.09. The van der Waals surface area contributed by atoms with Crippen LogP contribution in [0, 0.1) is 0 Å². The molecule has 138 valence electrons. The first-order chi connectivity index (χ1) is 13.6. The fraction of sp³-hybridized carbons (Fsp3) is 0.0417. The van der Waals surface area contributed by atoms with Gasteiger partial charge in [-0.1, -0.05) is 76.6 Å². The van der Waals surface area contributed by atoms with Crippen LogP contribution in [-0.2, 0) is 6.54 Å². The summed E-state index contributed by atoms with van der Waals surface area (Å²) >= 11 is 3.44. The van der Waals surface area contributed by atoms with Crippen molar-refractivity contribution in [3.8, 4) is 5.75 Å². The van der Waals surface area contributed by atoms with Gasteiger partial charge in [-0.2, -0.15) is 0 Å². The number of carbonyl (C=O) groups is 1. The van der Waals surface area contributed by atoms with Crippen LogP contribution in [-0.4, -0.2) is 11.0 Å². The van der Waals surface area contributed by atoms with E-state index in [4.69, 9.17) is 0 Å². The summed E-state index contributed by atoms with van der Waals surface area (Å²) in [6.07, 6.45) is 0. The number of benzene rings is 4. The number of fused-ring (bicyclic) bond motifs is 1. The maximum Gasteiger partial charge on any atom is 0.258 e. The molecule has 0 atom stereocenters. The van der Waals surface area contributed by atoms with Gasteiger partial charge in [-0.05, 0) is 35.7 Å². The third kappa shape index (κ3) is 3.64. The number of para-hydroxylation sites is 1. The molecule has 4 heteroatoms. The van der Waals surface area contributed by atoms with Crippen LogP contribution in [0.5, 0.6) is 5.75 Å². The van der Waals surface area contributed by atoms with Crippen molar-refractivity contribution in [3.63, 3.8) is 0 Å². The van der Waals surface area contributed by atoms with Crippen molar-refractivity contribution < 1.29 is 9.90 Å². The number of aromatic hydroxyl groups is 1. The Bertz CT molecular complexity index is 1150. The van der Waals surface area contributed by atoms with E-state index in [0.717, 1.165) is 20.9 Å². The van der Waals surface area contributed by atoms with Gasteiger partial charge >= 0.3 is 0 Å². The molecule has 0 aliphatic rings. The zero-order valence-electron chi connectivity index (χ0n) is 15.0. The molecule has 4 aromatic carbocycles. The van der Waals surface area contributed by atoms with Crippen molar-refractivity contribution in [2.24, 2.45) is 0 Å². The number of nitrogens with zero attached hydrogens (tertiary/aromatic N) is 1. The third-order valence-electron chi connectivity index (χ3n) is 4.69.